The van der Waals surface area contributed by atoms with Crippen molar-refractivity contribution in [2.45, 2.75) is 33.4 Å². The van der Waals surface area contributed by atoms with Crippen molar-refractivity contribution in [3.63, 3.8) is 0 Å². The van der Waals surface area contributed by atoms with E-state index in [1.807, 2.05) is 23.7 Å². The van der Waals surface area contributed by atoms with Gasteiger partial charge in [-0.25, -0.2) is 4.79 Å². The molecule has 2 aromatic rings. The standard InChI is InChI=1S/C15H19N3O2/c1-3-8-18-13(6-7-17-18)10-16-14-9-12(15(19)20)5-4-11(14)2/h4-7,9,16H,3,8,10H2,1-2H3,(H,19,20). The number of carboxylic acids is 1. The van der Waals surface area contributed by atoms with E-state index in [1.54, 1.807) is 18.3 Å². The van der Waals surface area contributed by atoms with Crippen molar-refractivity contribution < 1.29 is 9.90 Å². The van der Waals surface area contributed by atoms with Crippen molar-refractivity contribution in [2.75, 3.05) is 5.32 Å². The third kappa shape index (κ3) is 3.17. The fourth-order valence-electron chi connectivity index (χ4n) is 2.05. The first-order valence-electron chi connectivity index (χ1n) is 6.70. The van der Waals surface area contributed by atoms with Crippen molar-refractivity contribution in [2.24, 2.45) is 0 Å². The maximum Gasteiger partial charge on any atom is 0.335 e. The molecule has 0 aliphatic rings. The van der Waals surface area contributed by atoms with Gasteiger partial charge in [0.15, 0.2) is 0 Å². The topological polar surface area (TPSA) is 67.2 Å². The number of hydrogen-bond acceptors (Lipinski definition) is 3. The van der Waals surface area contributed by atoms with Crippen molar-refractivity contribution >= 4 is 11.7 Å². The summed E-state index contributed by atoms with van der Waals surface area (Å²) in [5, 5.41) is 16.6. The molecule has 0 bridgehead atoms. The van der Waals surface area contributed by atoms with Crippen LogP contribution in [0.1, 0.15) is 35.0 Å². The molecular weight excluding hydrogens is 254 g/mol. The number of anilines is 1. The quantitative estimate of drug-likeness (QED) is 0.849. The van der Waals surface area contributed by atoms with E-state index in [4.69, 9.17) is 5.11 Å². The molecule has 0 spiro atoms. The van der Waals surface area contributed by atoms with Crippen LogP contribution < -0.4 is 5.32 Å². The summed E-state index contributed by atoms with van der Waals surface area (Å²) in [5.41, 5.74) is 3.25. The highest BCUT2D eigenvalue weighted by molar-refractivity contribution is 5.89. The normalized spacial score (nSPS) is 10.5. The number of rotatable bonds is 6. The highest BCUT2D eigenvalue weighted by atomic mass is 16.4. The third-order valence-corrected chi connectivity index (χ3v) is 3.18. The van der Waals surface area contributed by atoms with Crippen molar-refractivity contribution in [1.82, 2.24) is 9.78 Å². The first-order valence-corrected chi connectivity index (χ1v) is 6.70. The number of benzene rings is 1. The lowest BCUT2D eigenvalue weighted by Crippen LogP contribution is -2.10. The van der Waals surface area contributed by atoms with Crippen molar-refractivity contribution in [3.05, 3.63) is 47.3 Å². The van der Waals surface area contributed by atoms with E-state index in [1.165, 1.54) is 0 Å². The predicted octanol–water partition coefficient (Wildman–Crippen LogP) is 2.91. The summed E-state index contributed by atoms with van der Waals surface area (Å²) in [5.74, 6) is -0.913. The van der Waals surface area contributed by atoms with Crippen LogP contribution in [0.3, 0.4) is 0 Å². The number of aromatic carboxylic acids is 1. The molecule has 0 amide bonds. The van der Waals surface area contributed by atoms with E-state index in [0.717, 1.165) is 29.9 Å². The number of carbonyl (C=O) groups is 1. The molecule has 20 heavy (non-hydrogen) atoms. The summed E-state index contributed by atoms with van der Waals surface area (Å²) in [6.07, 6.45) is 2.81. The van der Waals surface area contributed by atoms with Crippen LogP contribution in [-0.4, -0.2) is 20.9 Å². The number of aromatic nitrogens is 2. The van der Waals surface area contributed by atoms with Crippen LogP contribution >= 0.6 is 0 Å². The van der Waals surface area contributed by atoms with Gasteiger partial charge in [-0.3, -0.25) is 4.68 Å². The predicted molar refractivity (Wildman–Crippen MR) is 78.0 cm³/mol. The van der Waals surface area contributed by atoms with E-state index in [9.17, 15) is 4.79 Å². The molecule has 2 rings (SSSR count). The Bertz CT molecular complexity index is 605. The highest BCUT2D eigenvalue weighted by Crippen LogP contribution is 2.18. The van der Waals surface area contributed by atoms with Gasteiger partial charge in [0, 0.05) is 18.4 Å². The second-order valence-electron chi connectivity index (χ2n) is 4.73. The summed E-state index contributed by atoms with van der Waals surface area (Å²) in [4.78, 5) is 11.0. The SMILES string of the molecule is CCCn1nccc1CNc1cc(C(=O)O)ccc1C. The first-order chi connectivity index (χ1) is 9.61. The van der Waals surface area contributed by atoms with Crippen LogP contribution in [0.15, 0.2) is 30.5 Å². The molecule has 0 atom stereocenters. The highest BCUT2D eigenvalue weighted by Gasteiger charge is 2.07. The Balaban J connectivity index is 2.12. The molecule has 0 saturated carbocycles. The van der Waals surface area contributed by atoms with E-state index in [-0.39, 0.29) is 0 Å². The molecule has 0 saturated heterocycles. The molecule has 0 unspecified atom stereocenters. The molecular formula is C15H19N3O2. The summed E-state index contributed by atoms with van der Waals surface area (Å²) in [6, 6.07) is 7.07. The minimum atomic E-state index is -0.913. The van der Waals surface area contributed by atoms with Gasteiger partial charge in [-0.05, 0) is 37.1 Å². The molecule has 0 aliphatic carbocycles. The van der Waals surface area contributed by atoms with E-state index >= 15 is 0 Å². The number of nitrogens with zero attached hydrogens (tertiary/aromatic N) is 2. The molecule has 5 nitrogen and oxygen atoms in total. The van der Waals surface area contributed by atoms with Gasteiger partial charge >= 0.3 is 5.97 Å². The van der Waals surface area contributed by atoms with E-state index in [0.29, 0.717) is 12.1 Å². The van der Waals surface area contributed by atoms with Gasteiger partial charge in [0.25, 0.3) is 0 Å². The Morgan fingerprint density at radius 2 is 2.20 bits per heavy atom. The maximum absolute atomic E-state index is 11.0. The number of nitrogens with one attached hydrogen (secondary N) is 1. The molecule has 1 aromatic carbocycles. The molecule has 1 aromatic heterocycles. The lowest BCUT2D eigenvalue weighted by atomic mass is 10.1. The number of carboxylic acid groups (broad SMARTS) is 1. The minimum Gasteiger partial charge on any atom is -0.478 e. The second kappa shape index (κ2) is 6.23. The lowest BCUT2D eigenvalue weighted by molar-refractivity contribution is 0.0697. The fourth-order valence-corrected chi connectivity index (χ4v) is 2.05. The number of aryl methyl sites for hydroxylation is 2. The maximum atomic E-state index is 11.0. The van der Waals surface area contributed by atoms with E-state index < -0.39 is 5.97 Å². The zero-order chi connectivity index (χ0) is 14.5. The first kappa shape index (κ1) is 14.1. The van der Waals surface area contributed by atoms with Gasteiger partial charge in [-0.15, -0.1) is 0 Å². The van der Waals surface area contributed by atoms with Crippen LogP contribution in [0, 0.1) is 6.92 Å². The Kier molecular flexibility index (Phi) is 4.40. The fraction of sp³-hybridized carbons (Fsp3) is 0.333. The third-order valence-electron chi connectivity index (χ3n) is 3.18. The molecule has 1 heterocycles. The Morgan fingerprint density at radius 1 is 1.40 bits per heavy atom. The minimum absolute atomic E-state index is 0.292. The average molecular weight is 273 g/mol. The summed E-state index contributed by atoms with van der Waals surface area (Å²) in [6.45, 7) is 5.58. The number of hydrogen-bond donors (Lipinski definition) is 2. The lowest BCUT2D eigenvalue weighted by Gasteiger charge is -2.11. The smallest absolute Gasteiger partial charge is 0.335 e. The molecule has 0 fully saturated rings. The van der Waals surface area contributed by atoms with E-state index in [2.05, 4.69) is 17.3 Å². The van der Waals surface area contributed by atoms with Gasteiger partial charge in [0.05, 0.1) is 17.8 Å². The molecule has 0 radical (unpaired) electrons. The molecule has 0 aliphatic heterocycles. The Morgan fingerprint density at radius 3 is 2.90 bits per heavy atom. The van der Waals surface area contributed by atoms with Gasteiger partial charge in [-0.1, -0.05) is 13.0 Å². The van der Waals surface area contributed by atoms with Gasteiger partial charge in [-0.2, -0.15) is 5.10 Å². The van der Waals surface area contributed by atoms with Crippen LogP contribution in [0.4, 0.5) is 5.69 Å². The molecule has 5 heteroatoms. The average Bonchev–Trinajstić information content (AvgIpc) is 2.85. The van der Waals surface area contributed by atoms with Crippen LogP contribution in [0.25, 0.3) is 0 Å². The van der Waals surface area contributed by atoms with Gasteiger partial charge in [0.2, 0.25) is 0 Å². The zero-order valence-electron chi connectivity index (χ0n) is 11.8. The van der Waals surface area contributed by atoms with Crippen molar-refractivity contribution in [3.8, 4) is 0 Å². The monoisotopic (exact) mass is 273 g/mol. The Labute approximate surface area is 118 Å². The zero-order valence-corrected chi connectivity index (χ0v) is 11.8. The van der Waals surface area contributed by atoms with Crippen LogP contribution in [-0.2, 0) is 13.1 Å². The summed E-state index contributed by atoms with van der Waals surface area (Å²) < 4.78 is 1.96. The second-order valence-corrected chi connectivity index (χ2v) is 4.73. The Hall–Kier alpha value is -2.30. The van der Waals surface area contributed by atoms with Crippen LogP contribution in [0.5, 0.6) is 0 Å². The largest absolute Gasteiger partial charge is 0.478 e. The van der Waals surface area contributed by atoms with Crippen molar-refractivity contribution in [1.29, 1.82) is 0 Å². The van der Waals surface area contributed by atoms with Gasteiger partial charge in [0.1, 0.15) is 0 Å². The van der Waals surface area contributed by atoms with Gasteiger partial charge < -0.3 is 10.4 Å². The summed E-state index contributed by atoms with van der Waals surface area (Å²) in [7, 11) is 0. The summed E-state index contributed by atoms with van der Waals surface area (Å²) >= 11 is 0. The molecule has 106 valence electrons. The molecule has 2 N–H and O–H groups in total. The van der Waals surface area contributed by atoms with Crippen LogP contribution in [0.2, 0.25) is 0 Å².